The van der Waals surface area contributed by atoms with E-state index in [-0.39, 0.29) is 24.3 Å². The topological polar surface area (TPSA) is 140 Å². The molecule has 0 saturated heterocycles. The fourth-order valence-corrected chi connectivity index (χ4v) is 6.12. The lowest BCUT2D eigenvalue weighted by Gasteiger charge is -2.26. The van der Waals surface area contributed by atoms with Gasteiger partial charge in [-0.2, -0.15) is 9.97 Å². The van der Waals surface area contributed by atoms with Gasteiger partial charge in [0.2, 0.25) is 17.7 Å². The fraction of sp³-hybridized carbons (Fsp3) is 0.567. The number of fused-ring (bicyclic) bond motifs is 3. The Kier molecular flexibility index (Phi) is 8.06. The minimum atomic E-state index is -1.33. The second kappa shape index (κ2) is 11.5. The highest BCUT2D eigenvalue weighted by atomic mass is 16.5. The molecule has 0 bridgehead atoms. The average molecular weight is 567 g/mol. The summed E-state index contributed by atoms with van der Waals surface area (Å²) < 4.78 is 17.5. The number of aliphatic carboxylic acids is 1. The number of hydrogen-bond acceptors (Lipinski definition) is 8. The van der Waals surface area contributed by atoms with Crippen molar-refractivity contribution in [2.75, 3.05) is 27.3 Å². The summed E-state index contributed by atoms with van der Waals surface area (Å²) in [5.74, 6) is -2.30. The molecule has 1 aliphatic heterocycles. The summed E-state index contributed by atoms with van der Waals surface area (Å²) in [6, 6.07) is 3.80. The maximum absolute atomic E-state index is 13.6. The monoisotopic (exact) mass is 566 g/mol. The minimum absolute atomic E-state index is 0.135. The van der Waals surface area contributed by atoms with Gasteiger partial charge in [0.1, 0.15) is 17.4 Å². The highest BCUT2D eigenvalue weighted by Gasteiger charge is 2.61. The van der Waals surface area contributed by atoms with E-state index in [4.69, 9.17) is 14.2 Å². The van der Waals surface area contributed by atoms with Gasteiger partial charge in [0.15, 0.2) is 0 Å². The van der Waals surface area contributed by atoms with E-state index in [2.05, 4.69) is 15.3 Å². The maximum Gasteiger partial charge on any atom is 0.330 e. The van der Waals surface area contributed by atoms with Gasteiger partial charge < -0.3 is 29.5 Å². The van der Waals surface area contributed by atoms with Crippen molar-refractivity contribution in [1.82, 2.24) is 20.2 Å². The van der Waals surface area contributed by atoms with Crippen molar-refractivity contribution >= 4 is 28.7 Å². The number of allylic oxidation sites excluding steroid dienone is 1. The highest BCUT2D eigenvalue weighted by molar-refractivity contribution is 5.94. The van der Waals surface area contributed by atoms with E-state index in [0.29, 0.717) is 48.5 Å². The van der Waals surface area contributed by atoms with Gasteiger partial charge in [-0.25, -0.2) is 4.79 Å². The van der Waals surface area contributed by atoms with Gasteiger partial charge in [-0.05, 0) is 64.5 Å². The van der Waals surface area contributed by atoms with Gasteiger partial charge in [-0.3, -0.25) is 9.59 Å². The maximum atomic E-state index is 13.6. The molecule has 3 aliphatic rings. The summed E-state index contributed by atoms with van der Waals surface area (Å²) in [5.41, 5.74) is 0.0993. The Balaban J connectivity index is 1.46. The number of methoxy groups -OCH3 is 1. The largest absolute Gasteiger partial charge is 0.496 e. The summed E-state index contributed by atoms with van der Waals surface area (Å²) in [5, 5.41) is 13.5. The van der Waals surface area contributed by atoms with Crippen molar-refractivity contribution < 1.29 is 33.7 Å². The number of carboxylic acids is 1. The summed E-state index contributed by atoms with van der Waals surface area (Å²) in [7, 11) is 3.35. The van der Waals surface area contributed by atoms with Crippen LogP contribution in [0.5, 0.6) is 17.6 Å². The molecule has 0 radical (unpaired) electrons. The van der Waals surface area contributed by atoms with Gasteiger partial charge >= 0.3 is 12.0 Å². The first kappa shape index (κ1) is 28.6. The van der Waals surface area contributed by atoms with Crippen LogP contribution >= 0.6 is 0 Å². The predicted molar refractivity (Wildman–Crippen MR) is 150 cm³/mol. The zero-order chi connectivity index (χ0) is 29.3. The van der Waals surface area contributed by atoms with Crippen LogP contribution in [0.15, 0.2) is 24.3 Å². The van der Waals surface area contributed by atoms with E-state index in [9.17, 15) is 19.5 Å². The van der Waals surface area contributed by atoms with Crippen LogP contribution in [0.25, 0.3) is 10.9 Å². The van der Waals surface area contributed by atoms with Gasteiger partial charge in [0.25, 0.3) is 0 Å². The number of carboxylic acid groups (broad SMARTS) is 1. The lowest BCUT2D eigenvalue weighted by atomic mass is 9.93. The van der Waals surface area contributed by atoms with Crippen LogP contribution in [0.4, 0.5) is 0 Å². The van der Waals surface area contributed by atoms with Crippen LogP contribution in [0.2, 0.25) is 0 Å². The third-order valence-electron chi connectivity index (χ3n) is 8.56. The standard InChI is InChI=1S/C30H38N4O7/c1-5-40-29-31-24-17(2)23(39-4)12-11-20(24)26(32-29)41-19-14-21-22(15-19)27(36)34(3)13-9-7-6-8-10-18-16-30(18,28(37)38)33-25(21)35/h8,10-12,18-19,21-22H,5-7,9,13-16H2,1-4H3,(H,33,35)(H,37,38)/b10-8-/t18-,19+,21+,22+,30+/m0/s1. The molecular formula is C30H38N4O7. The zero-order valence-electron chi connectivity index (χ0n) is 24.0. The lowest BCUT2D eigenvalue weighted by molar-refractivity contribution is -0.145. The Morgan fingerprint density at radius 2 is 1.98 bits per heavy atom. The van der Waals surface area contributed by atoms with Gasteiger partial charge in [0.05, 0.1) is 36.5 Å². The summed E-state index contributed by atoms with van der Waals surface area (Å²) in [6.07, 6.45) is 6.78. The van der Waals surface area contributed by atoms with E-state index in [1.165, 1.54) is 0 Å². The van der Waals surface area contributed by atoms with Crippen LogP contribution < -0.4 is 19.5 Å². The van der Waals surface area contributed by atoms with Crippen LogP contribution in [0.1, 0.15) is 51.0 Å². The molecule has 1 aromatic heterocycles. The van der Waals surface area contributed by atoms with E-state index in [0.717, 1.165) is 24.8 Å². The van der Waals surface area contributed by atoms with E-state index in [1.807, 2.05) is 38.1 Å². The number of nitrogens with zero attached hydrogens (tertiary/aromatic N) is 3. The molecule has 0 spiro atoms. The molecule has 2 fully saturated rings. The molecule has 2 N–H and O–H groups in total. The Hall–Kier alpha value is -3.89. The molecule has 220 valence electrons. The normalized spacial score (nSPS) is 29.1. The van der Waals surface area contributed by atoms with E-state index in [1.54, 1.807) is 19.1 Å². The Bertz CT molecular complexity index is 1380. The Morgan fingerprint density at radius 3 is 2.71 bits per heavy atom. The van der Waals surface area contributed by atoms with Crippen molar-refractivity contribution in [3.8, 4) is 17.6 Å². The minimum Gasteiger partial charge on any atom is -0.496 e. The third-order valence-corrected chi connectivity index (χ3v) is 8.56. The van der Waals surface area contributed by atoms with Crippen LogP contribution in [0, 0.1) is 24.7 Å². The van der Waals surface area contributed by atoms with Crippen LogP contribution in [-0.4, -0.2) is 76.7 Å². The molecule has 11 nitrogen and oxygen atoms in total. The number of aryl methyl sites for hydroxylation is 1. The number of ether oxygens (including phenoxy) is 3. The molecule has 41 heavy (non-hydrogen) atoms. The summed E-state index contributed by atoms with van der Waals surface area (Å²) >= 11 is 0. The highest BCUT2D eigenvalue weighted by Crippen LogP contribution is 2.46. The van der Waals surface area contributed by atoms with Crippen molar-refractivity contribution in [2.45, 2.75) is 64.0 Å². The van der Waals surface area contributed by atoms with Crippen molar-refractivity contribution in [3.05, 3.63) is 29.8 Å². The van der Waals surface area contributed by atoms with Crippen molar-refractivity contribution in [3.63, 3.8) is 0 Å². The molecule has 2 heterocycles. The molecular weight excluding hydrogens is 528 g/mol. The Morgan fingerprint density at radius 1 is 1.20 bits per heavy atom. The van der Waals surface area contributed by atoms with Gasteiger partial charge in [-0.15, -0.1) is 0 Å². The van der Waals surface area contributed by atoms with Gasteiger partial charge in [0, 0.05) is 25.1 Å². The number of hydrogen-bond donors (Lipinski definition) is 2. The lowest BCUT2D eigenvalue weighted by Crippen LogP contribution is -2.49. The molecule has 0 unspecified atom stereocenters. The molecule has 1 aromatic carbocycles. The SMILES string of the molecule is CCOc1nc(O[C@@H]2C[C@H]3C(=O)N[C@]4(C(=O)O)C[C@@H]4/C=C\CCCCN(C)C(=O)[C@@H]3C2)c2ccc(OC)c(C)c2n1. The molecule has 5 rings (SSSR count). The third kappa shape index (κ3) is 5.54. The quantitative estimate of drug-likeness (QED) is 0.504. The fourth-order valence-electron chi connectivity index (χ4n) is 6.12. The molecule has 2 aromatic rings. The van der Waals surface area contributed by atoms with E-state index >= 15 is 0 Å². The second-order valence-corrected chi connectivity index (χ2v) is 11.2. The molecule has 11 heteroatoms. The summed E-state index contributed by atoms with van der Waals surface area (Å²) in [4.78, 5) is 50.2. The Labute approximate surface area is 239 Å². The molecule has 5 atom stereocenters. The zero-order valence-corrected chi connectivity index (χ0v) is 24.0. The van der Waals surface area contributed by atoms with Crippen molar-refractivity contribution in [1.29, 1.82) is 0 Å². The average Bonchev–Trinajstić information content (AvgIpc) is 3.48. The van der Waals surface area contributed by atoms with Crippen LogP contribution in [0.3, 0.4) is 0 Å². The number of nitrogens with one attached hydrogen (secondary N) is 1. The smallest absolute Gasteiger partial charge is 0.330 e. The molecule has 2 aliphatic carbocycles. The molecule has 2 amide bonds. The van der Waals surface area contributed by atoms with Crippen molar-refractivity contribution in [2.24, 2.45) is 17.8 Å². The number of carbonyl (C=O) groups excluding carboxylic acids is 2. The number of aromatic nitrogens is 2. The first-order valence-electron chi connectivity index (χ1n) is 14.3. The number of amides is 2. The first-order valence-corrected chi connectivity index (χ1v) is 14.3. The first-order chi connectivity index (χ1) is 19.7. The summed E-state index contributed by atoms with van der Waals surface area (Å²) in [6.45, 7) is 4.68. The van der Waals surface area contributed by atoms with Gasteiger partial charge in [-0.1, -0.05) is 12.2 Å². The molecule has 2 saturated carbocycles. The second-order valence-electron chi connectivity index (χ2n) is 11.2. The number of benzene rings is 1. The predicted octanol–water partition coefficient (Wildman–Crippen LogP) is 3.28. The number of rotatable bonds is 6. The number of carbonyl (C=O) groups is 3. The van der Waals surface area contributed by atoms with E-state index < -0.39 is 35.4 Å². The van der Waals surface area contributed by atoms with Crippen LogP contribution in [-0.2, 0) is 14.4 Å².